The number of amides is 1. The zero-order chi connectivity index (χ0) is 16.3. The summed E-state index contributed by atoms with van der Waals surface area (Å²) in [5.41, 5.74) is 1.79. The number of aliphatic hydroxyl groups is 1. The van der Waals surface area contributed by atoms with Crippen molar-refractivity contribution < 1.29 is 14.3 Å². The van der Waals surface area contributed by atoms with E-state index in [2.05, 4.69) is 10.3 Å². The molecule has 0 aliphatic heterocycles. The zero-order valence-electron chi connectivity index (χ0n) is 12.2. The van der Waals surface area contributed by atoms with Gasteiger partial charge in [0, 0.05) is 17.8 Å². The van der Waals surface area contributed by atoms with E-state index in [9.17, 15) is 14.3 Å². The topological polar surface area (TPSA) is 62.2 Å². The number of aromatic nitrogens is 1. The Morgan fingerprint density at radius 3 is 2.73 bits per heavy atom. The summed E-state index contributed by atoms with van der Waals surface area (Å²) < 4.78 is 13.6. The molecule has 0 aliphatic carbocycles. The standard InChI is InChI=1S/C16H16ClFN2O2/c1-9-7-10(2)20-15(17)14(9)16(22)19-8-13(21)11-5-3-4-6-12(11)18/h3-7,13,21H,8H2,1-2H3,(H,19,22). The second-order valence-electron chi connectivity index (χ2n) is 4.99. The maximum Gasteiger partial charge on any atom is 0.254 e. The molecule has 2 rings (SSSR count). The van der Waals surface area contributed by atoms with Gasteiger partial charge in [-0.1, -0.05) is 29.8 Å². The van der Waals surface area contributed by atoms with E-state index in [1.165, 1.54) is 18.2 Å². The van der Waals surface area contributed by atoms with Gasteiger partial charge in [-0.3, -0.25) is 4.79 Å². The molecule has 116 valence electrons. The molecule has 0 radical (unpaired) electrons. The molecule has 1 aromatic carbocycles. The molecule has 1 heterocycles. The minimum Gasteiger partial charge on any atom is -0.386 e. The molecule has 1 aromatic heterocycles. The van der Waals surface area contributed by atoms with E-state index in [4.69, 9.17) is 11.6 Å². The molecule has 0 bridgehead atoms. The monoisotopic (exact) mass is 322 g/mol. The van der Waals surface area contributed by atoms with E-state index in [1.807, 2.05) is 0 Å². The number of carbonyl (C=O) groups excluding carboxylic acids is 1. The highest BCUT2D eigenvalue weighted by molar-refractivity contribution is 6.32. The number of hydrogen-bond donors (Lipinski definition) is 2. The maximum absolute atomic E-state index is 13.6. The third-order valence-corrected chi connectivity index (χ3v) is 3.52. The first-order valence-corrected chi connectivity index (χ1v) is 7.12. The molecule has 2 aromatic rings. The van der Waals surface area contributed by atoms with Crippen molar-refractivity contribution in [1.29, 1.82) is 0 Å². The van der Waals surface area contributed by atoms with Crippen LogP contribution in [0.5, 0.6) is 0 Å². The highest BCUT2D eigenvalue weighted by Gasteiger charge is 2.18. The molecular formula is C16H16ClFN2O2. The summed E-state index contributed by atoms with van der Waals surface area (Å²) in [5.74, 6) is -0.971. The Kier molecular flexibility index (Phi) is 5.11. The first-order valence-electron chi connectivity index (χ1n) is 6.74. The highest BCUT2D eigenvalue weighted by Crippen LogP contribution is 2.19. The number of aliphatic hydroxyl groups excluding tert-OH is 1. The van der Waals surface area contributed by atoms with Crippen LogP contribution in [-0.2, 0) is 0 Å². The number of rotatable bonds is 4. The molecule has 22 heavy (non-hydrogen) atoms. The summed E-state index contributed by atoms with van der Waals surface area (Å²) in [6, 6.07) is 7.62. The molecular weight excluding hydrogens is 307 g/mol. The van der Waals surface area contributed by atoms with Gasteiger partial charge in [0.1, 0.15) is 11.0 Å². The van der Waals surface area contributed by atoms with Crippen LogP contribution in [-0.4, -0.2) is 22.5 Å². The van der Waals surface area contributed by atoms with Crippen LogP contribution in [0, 0.1) is 19.7 Å². The number of nitrogens with one attached hydrogen (secondary N) is 1. The van der Waals surface area contributed by atoms with Gasteiger partial charge in [-0.25, -0.2) is 9.37 Å². The van der Waals surface area contributed by atoms with Crippen LogP contribution in [0.25, 0.3) is 0 Å². The lowest BCUT2D eigenvalue weighted by molar-refractivity contribution is 0.0913. The molecule has 1 atom stereocenters. The number of hydrogen-bond acceptors (Lipinski definition) is 3. The third-order valence-electron chi connectivity index (χ3n) is 3.25. The minimum atomic E-state index is -1.14. The van der Waals surface area contributed by atoms with Gasteiger partial charge in [0.05, 0.1) is 11.7 Å². The van der Waals surface area contributed by atoms with Crippen LogP contribution in [0.3, 0.4) is 0 Å². The molecule has 0 saturated heterocycles. The second kappa shape index (κ2) is 6.85. The molecule has 6 heteroatoms. The number of benzene rings is 1. The lowest BCUT2D eigenvalue weighted by atomic mass is 10.1. The fourth-order valence-electron chi connectivity index (χ4n) is 2.20. The number of halogens is 2. The molecule has 1 amide bonds. The van der Waals surface area contributed by atoms with E-state index >= 15 is 0 Å². The van der Waals surface area contributed by atoms with Gasteiger partial charge in [0.2, 0.25) is 0 Å². The summed E-state index contributed by atoms with van der Waals surface area (Å²) in [6.45, 7) is 3.41. The molecule has 1 unspecified atom stereocenters. The smallest absolute Gasteiger partial charge is 0.254 e. The summed E-state index contributed by atoms with van der Waals surface area (Å²) >= 11 is 5.99. The van der Waals surface area contributed by atoms with Crippen LogP contribution in [0.15, 0.2) is 30.3 Å². The predicted molar refractivity (Wildman–Crippen MR) is 82.4 cm³/mol. The van der Waals surface area contributed by atoms with Crippen molar-refractivity contribution in [1.82, 2.24) is 10.3 Å². The summed E-state index contributed by atoms with van der Waals surface area (Å²) in [5, 5.41) is 12.6. The Labute approximate surface area is 133 Å². The van der Waals surface area contributed by atoms with Crippen LogP contribution in [0.2, 0.25) is 5.15 Å². The Balaban J connectivity index is 2.09. The number of nitrogens with zero attached hydrogens (tertiary/aromatic N) is 1. The molecule has 0 saturated carbocycles. The first kappa shape index (κ1) is 16.4. The first-order chi connectivity index (χ1) is 10.4. The van der Waals surface area contributed by atoms with Crippen molar-refractivity contribution >= 4 is 17.5 Å². The zero-order valence-corrected chi connectivity index (χ0v) is 13.0. The van der Waals surface area contributed by atoms with Crippen LogP contribution >= 0.6 is 11.6 Å². The van der Waals surface area contributed by atoms with E-state index in [1.54, 1.807) is 26.0 Å². The third kappa shape index (κ3) is 3.61. The lowest BCUT2D eigenvalue weighted by Gasteiger charge is -2.14. The van der Waals surface area contributed by atoms with Gasteiger partial charge in [0.25, 0.3) is 5.91 Å². The molecule has 0 aliphatic rings. The molecule has 0 spiro atoms. The van der Waals surface area contributed by atoms with E-state index in [-0.39, 0.29) is 22.8 Å². The maximum atomic E-state index is 13.6. The second-order valence-corrected chi connectivity index (χ2v) is 5.35. The highest BCUT2D eigenvalue weighted by atomic mass is 35.5. The van der Waals surface area contributed by atoms with Crippen LogP contribution < -0.4 is 5.32 Å². The quantitative estimate of drug-likeness (QED) is 0.851. The Hall–Kier alpha value is -1.98. The van der Waals surface area contributed by atoms with Gasteiger partial charge in [-0.05, 0) is 31.5 Å². The van der Waals surface area contributed by atoms with E-state index < -0.39 is 17.8 Å². The fourth-order valence-corrected chi connectivity index (χ4v) is 2.57. The Morgan fingerprint density at radius 2 is 2.09 bits per heavy atom. The molecule has 2 N–H and O–H groups in total. The number of carbonyl (C=O) groups is 1. The number of pyridine rings is 1. The minimum absolute atomic E-state index is 0.107. The van der Waals surface area contributed by atoms with Crippen molar-refractivity contribution in [3.63, 3.8) is 0 Å². The van der Waals surface area contributed by atoms with Crippen molar-refractivity contribution in [2.75, 3.05) is 6.54 Å². The van der Waals surface area contributed by atoms with E-state index in [0.717, 1.165) is 0 Å². The van der Waals surface area contributed by atoms with Gasteiger partial charge < -0.3 is 10.4 Å². The largest absolute Gasteiger partial charge is 0.386 e. The van der Waals surface area contributed by atoms with Gasteiger partial charge in [0.15, 0.2) is 0 Å². The number of aryl methyl sites for hydroxylation is 2. The molecule has 0 fully saturated rings. The van der Waals surface area contributed by atoms with Gasteiger partial charge in [-0.15, -0.1) is 0 Å². The van der Waals surface area contributed by atoms with Crippen LogP contribution in [0.4, 0.5) is 4.39 Å². The predicted octanol–water partition coefficient (Wildman–Crippen LogP) is 2.95. The molecule has 4 nitrogen and oxygen atoms in total. The van der Waals surface area contributed by atoms with Gasteiger partial charge >= 0.3 is 0 Å². The van der Waals surface area contributed by atoms with Crippen molar-refractivity contribution in [2.24, 2.45) is 0 Å². The van der Waals surface area contributed by atoms with Crippen molar-refractivity contribution in [3.05, 3.63) is 63.7 Å². The van der Waals surface area contributed by atoms with Crippen LogP contribution in [0.1, 0.15) is 33.3 Å². The van der Waals surface area contributed by atoms with E-state index in [0.29, 0.717) is 11.3 Å². The SMILES string of the molecule is Cc1cc(C)c(C(=O)NCC(O)c2ccccc2F)c(Cl)n1. The van der Waals surface area contributed by atoms with Crippen molar-refractivity contribution in [2.45, 2.75) is 20.0 Å². The Bertz CT molecular complexity index is 683. The normalized spacial score (nSPS) is 12.0. The lowest BCUT2D eigenvalue weighted by Crippen LogP contribution is -2.29. The fraction of sp³-hybridized carbons (Fsp3) is 0.250. The summed E-state index contributed by atoms with van der Waals surface area (Å²) in [6.07, 6.45) is -1.14. The Morgan fingerprint density at radius 1 is 1.41 bits per heavy atom. The summed E-state index contributed by atoms with van der Waals surface area (Å²) in [4.78, 5) is 16.2. The summed E-state index contributed by atoms with van der Waals surface area (Å²) in [7, 11) is 0. The average Bonchev–Trinajstić information content (AvgIpc) is 2.44. The van der Waals surface area contributed by atoms with Crippen molar-refractivity contribution in [3.8, 4) is 0 Å². The average molecular weight is 323 g/mol. The van der Waals surface area contributed by atoms with Gasteiger partial charge in [-0.2, -0.15) is 0 Å².